The minimum atomic E-state index is -0.380. The van der Waals surface area contributed by atoms with Gasteiger partial charge in [-0.05, 0) is 24.7 Å². The zero-order valence-corrected chi connectivity index (χ0v) is 7.27. The average Bonchev–Trinajstić information content (AvgIpc) is 2.74. The van der Waals surface area contributed by atoms with Crippen molar-refractivity contribution in [3.8, 4) is 12.1 Å². The molecule has 2 heteroatoms. The van der Waals surface area contributed by atoms with E-state index in [1.807, 2.05) is 6.07 Å². The smallest absolute Gasteiger partial charge is 0.0909 e. The number of hydrogen-bond donors (Lipinski definition) is 0. The highest BCUT2D eigenvalue weighted by molar-refractivity contribution is 5.29. The van der Waals surface area contributed by atoms with Crippen molar-refractivity contribution in [3.05, 3.63) is 24.3 Å². The minimum Gasteiger partial charge on any atom is -0.197 e. The molecule has 0 aromatic carbocycles. The van der Waals surface area contributed by atoms with Gasteiger partial charge in [0, 0.05) is 6.08 Å². The molecule has 13 heavy (non-hydrogen) atoms. The Morgan fingerprint density at radius 2 is 2.23 bits per heavy atom. The zero-order valence-electron chi connectivity index (χ0n) is 7.27. The minimum absolute atomic E-state index is 0.340. The summed E-state index contributed by atoms with van der Waals surface area (Å²) in [6, 6.07) is 4.31. The number of nitrogens with zero attached hydrogens (tertiary/aromatic N) is 2. The molecule has 0 aromatic heterocycles. The molecule has 0 aromatic rings. The van der Waals surface area contributed by atoms with E-state index >= 15 is 0 Å². The second-order valence-corrected chi connectivity index (χ2v) is 3.81. The Kier molecular flexibility index (Phi) is 1.71. The first-order valence-electron chi connectivity index (χ1n) is 4.47. The summed E-state index contributed by atoms with van der Waals surface area (Å²) >= 11 is 0. The number of rotatable bonds is 1. The first-order valence-corrected chi connectivity index (χ1v) is 4.47. The van der Waals surface area contributed by atoms with Gasteiger partial charge in [-0.1, -0.05) is 18.2 Å². The molecular formula is C11H10N2. The van der Waals surface area contributed by atoms with E-state index in [2.05, 4.69) is 18.2 Å². The Bertz CT molecular complexity index is 353. The van der Waals surface area contributed by atoms with E-state index in [1.54, 1.807) is 6.08 Å². The Morgan fingerprint density at radius 1 is 1.38 bits per heavy atom. The largest absolute Gasteiger partial charge is 0.197 e. The molecule has 3 unspecified atom stereocenters. The average molecular weight is 170 g/mol. The molecule has 3 atom stereocenters. The molecule has 2 aliphatic carbocycles. The van der Waals surface area contributed by atoms with Crippen LogP contribution in [0.5, 0.6) is 0 Å². The molecule has 0 amide bonds. The summed E-state index contributed by atoms with van der Waals surface area (Å²) in [4.78, 5) is 0. The second-order valence-electron chi connectivity index (χ2n) is 3.81. The second kappa shape index (κ2) is 2.75. The molecule has 0 radical (unpaired) electrons. The lowest BCUT2D eigenvalue weighted by Crippen LogP contribution is -2.20. The molecule has 2 nitrogen and oxygen atoms in total. The summed E-state index contributed by atoms with van der Waals surface area (Å²) in [5.41, 5.74) is -0.380. The molecule has 0 heterocycles. The SMILES string of the molecule is N#C/C=C/C1(C#N)CC2C=CC1C2. The van der Waals surface area contributed by atoms with Crippen LogP contribution in [0.4, 0.5) is 0 Å². The maximum atomic E-state index is 9.12. The summed E-state index contributed by atoms with van der Waals surface area (Å²) in [5, 5.41) is 17.6. The molecule has 0 N–H and O–H groups in total. The van der Waals surface area contributed by atoms with Crippen molar-refractivity contribution in [1.29, 1.82) is 10.5 Å². The van der Waals surface area contributed by atoms with E-state index < -0.39 is 0 Å². The van der Waals surface area contributed by atoms with Gasteiger partial charge in [0.2, 0.25) is 0 Å². The van der Waals surface area contributed by atoms with Gasteiger partial charge in [0.25, 0.3) is 0 Å². The predicted octanol–water partition coefficient (Wildman–Crippen LogP) is 2.17. The molecule has 0 aliphatic heterocycles. The van der Waals surface area contributed by atoms with Gasteiger partial charge in [0.1, 0.15) is 0 Å². The van der Waals surface area contributed by atoms with Crippen molar-refractivity contribution in [1.82, 2.24) is 0 Å². The topological polar surface area (TPSA) is 47.6 Å². The van der Waals surface area contributed by atoms with Gasteiger partial charge in [0.15, 0.2) is 0 Å². The lowest BCUT2D eigenvalue weighted by molar-refractivity contribution is 0.423. The van der Waals surface area contributed by atoms with E-state index in [-0.39, 0.29) is 5.41 Å². The van der Waals surface area contributed by atoms with E-state index in [0.29, 0.717) is 11.8 Å². The maximum absolute atomic E-state index is 9.12. The van der Waals surface area contributed by atoms with Gasteiger partial charge in [-0.3, -0.25) is 0 Å². The van der Waals surface area contributed by atoms with Crippen LogP contribution in [-0.4, -0.2) is 0 Å². The lowest BCUT2D eigenvalue weighted by Gasteiger charge is -2.23. The van der Waals surface area contributed by atoms with Crippen LogP contribution >= 0.6 is 0 Å². The Labute approximate surface area is 77.8 Å². The van der Waals surface area contributed by atoms with Crippen LogP contribution in [0.2, 0.25) is 0 Å². The van der Waals surface area contributed by atoms with Crippen molar-refractivity contribution in [2.45, 2.75) is 12.8 Å². The third-order valence-electron chi connectivity index (χ3n) is 3.10. The van der Waals surface area contributed by atoms with E-state index in [0.717, 1.165) is 12.8 Å². The monoisotopic (exact) mass is 170 g/mol. The van der Waals surface area contributed by atoms with E-state index in [1.165, 1.54) is 6.08 Å². The summed E-state index contributed by atoms with van der Waals surface area (Å²) in [7, 11) is 0. The molecule has 1 fully saturated rings. The molecule has 0 saturated heterocycles. The lowest BCUT2D eigenvalue weighted by atomic mass is 9.77. The van der Waals surface area contributed by atoms with Crippen LogP contribution in [0.3, 0.4) is 0 Å². The molecule has 2 rings (SSSR count). The Balaban J connectivity index is 2.30. The van der Waals surface area contributed by atoms with Crippen LogP contribution in [0.1, 0.15) is 12.8 Å². The van der Waals surface area contributed by atoms with E-state index in [4.69, 9.17) is 10.5 Å². The quantitative estimate of drug-likeness (QED) is 0.447. The van der Waals surface area contributed by atoms with Gasteiger partial charge in [-0.25, -0.2) is 0 Å². The highest BCUT2D eigenvalue weighted by atomic mass is 14.5. The zero-order chi connectivity index (χ0) is 9.31. The van der Waals surface area contributed by atoms with E-state index in [9.17, 15) is 0 Å². The van der Waals surface area contributed by atoms with Crippen molar-refractivity contribution in [2.75, 3.05) is 0 Å². The molecule has 2 bridgehead atoms. The number of nitriles is 2. The fourth-order valence-electron chi connectivity index (χ4n) is 2.44. The Hall–Kier alpha value is -1.54. The highest BCUT2D eigenvalue weighted by Crippen LogP contribution is 2.52. The first kappa shape index (κ1) is 8.08. The summed E-state index contributed by atoms with van der Waals surface area (Å²) in [6.45, 7) is 0. The summed E-state index contributed by atoms with van der Waals surface area (Å²) in [5.74, 6) is 0.903. The third kappa shape index (κ3) is 1.07. The molecular weight excluding hydrogens is 160 g/mol. The third-order valence-corrected chi connectivity index (χ3v) is 3.10. The fraction of sp³-hybridized carbons (Fsp3) is 0.455. The Morgan fingerprint density at radius 3 is 2.69 bits per heavy atom. The predicted molar refractivity (Wildman–Crippen MR) is 48.2 cm³/mol. The van der Waals surface area contributed by atoms with Gasteiger partial charge >= 0.3 is 0 Å². The molecule has 1 saturated carbocycles. The first-order chi connectivity index (χ1) is 6.30. The molecule has 0 spiro atoms. The molecule has 2 aliphatic rings. The standard InChI is InChI=1S/C11H10N2/c12-5-1-4-11(8-13)7-9-2-3-10(11)6-9/h1-4,9-10H,6-7H2/b4-1+. The van der Waals surface area contributed by atoms with Crippen molar-refractivity contribution >= 4 is 0 Å². The number of allylic oxidation sites excluding steroid dienone is 4. The summed E-state index contributed by atoms with van der Waals surface area (Å²) in [6.07, 6.45) is 9.52. The van der Waals surface area contributed by atoms with Crippen molar-refractivity contribution in [2.24, 2.45) is 17.3 Å². The van der Waals surface area contributed by atoms with Crippen LogP contribution in [0, 0.1) is 39.9 Å². The number of fused-ring (bicyclic) bond motifs is 2. The summed E-state index contributed by atoms with van der Waals surface area (Å²) < 4.78 is 0. The fourth-order valence-corrected chi connectivity index (χ4v) is 2.44. The van der Waals surface area contributed by atoms with Crippen LogP contribution in [-0.2, 0) is 0 Å². The van der Waals surface area contributed by atoms with Gasteiger partial charge in [0.05, 0.1) is 17.6 Å². The molecule has 64 valence electrons. The van der Waals surface area contributed by atoms with Crippen LogP contribution < -0.4 is 0 Å². The van der Waals surface area contributed by atoms with Crippen molar-refractivity contribution < 1.29 is 0 Å². The van der Waals surface area contributed by atoms with Gasteiger partial charge in [-0.2, -0.15) is 10.5 Å². The van der Waals surface area contributed by atoms with Gasteiger partial charge < -0.3 is 0 Å². The maximum Gasteiger partial charge on any atom is 0.0909 e. The highest BCUT2D eigenvalue weighted by Gasteiger charge is 2.47. The normalized spacial score (nSPS) is 40.8. The van der Waals surface area contributed by atoms with Gasteiger partial charge in [-0.15, -0.1) is 0 Å². The number of hydrogen-bond acceptors (Lipinski definition) is 2. The van der Waals surface area contributed by atoms with Crippen LogP contribution in [0.25, 0.3) is 0 Å². The van der Waals surface area contributed by atoms with Crippen molar-refractivity contribution in [3.63, 3.8) is 0 Å². The van der Waals surface area contributed by atoms with Crippen LogP contribution in [0.15, 0.2) is 24.3 Å².